The van der Waals surface area contributed by atoms with Gasteiger partial charge < -0.3 is 5.32 Å². The molecule has 0 unspecified atom stereocenters. The standard InChI is InChI=1S/C15H16N4S/c20-15(17-11-9-13-6-2-1-3-7-13)19-18-12-14-8-4-5-10-16-14/h1-8,10,12H,9,11H2,(H2,17,19,20). The van der Waals surface area contributed by atoms with Crippen molar-refractivity contribution in [1.82, 2.24) is 15.7 Å². The first-order valence-corrected chi connectivity index (χ1v) is 6.77. The lowest BCUT2D eigenvalue weighted by atomic mass is 10.1. The van der Waals surface area contributed by atoms with Gasteiger partial charge >= 0.3 is 0 Å². The number of nitrogens with one attached hydrogen (secondary N) is 2. The van der Waals surface area contributed by atoms with Crippen molar-refractivity contribution in [2.45, 2.75) is 6.42 Å². The van der Waals surface area contributed by atoms with Gasteiger partial charge in [0.25, 0.3) is 0 Å². The Kier molecular flexibility index (Phi) is 5.67. The Morgan fingerprint density at radius 1 is 1.15 bits per heavy atom. The fourth-order valence-corrected chi connectivity index (χ4v) is 1.77. The third-order valence-electron chi connectivity index (χ3n) is 2.59. The Labute approximate surface area is 123 Å². The van der Waals surface area contributed by atoms with E-state index < -0.39 is 0 Å². The van der Waals surface area contributed by atoms with Crippen LogP contribution in [-0.2, 0) is 6.42 Å². The minimum absolute atomic E-state index is 0.508. The molecule has 2 aromatic rings. The number of rotatable bonds is 5. The van der Waals surface area contributed by atoms with Crippen molar-refractivity contribution in [2.75, 3.05) is 6.54 Å². The largest absolute Gasteiger partial charge is 0.361 e. The van der Waals surface area contributed by atoms with Crippen molar-refractivity contribution in [2.24, 2.45) is 5.10 Å². The molecule has 0 saturated heterocycles. The van der Waals surface area contributed by atoms with E-state index in [9.17, 15) is 0 Å². The van der Waals surface area contributed by atoms with Crippen LogP contribution >= 0.6 is 12.2 Å². The minimum atomic E-state index is 0.508. The van der Waals surface area contributed by atoms with Gasteiger partial charge in [0, 0.05) is 12.7 Å². The number of nitrogens with zero attached hydrogens (tertiary/aromatic N) is 2. The van der Waals surface area contributed by atoms with Crippen molar-refractivity contribution in [1.29, 1.82) is 0 Å². The predicted molar refractivity (Wildman–Crippen MR) is 85.7 cm³/mol. The molecule has 0 aliphatic carbocycles. The van der Waals surface area contributed by atoms with E-state index >= 15 is 0 Å². The van der Waals surface area contributed by atoms with Gasteiger partial charge in [-0.2, -0.15) is 5.10 Å². The summed E-state index contributed by atoms with van der Waals surface area (Å²) in [6.45, 7) is 0.773. The monoisotopic (exact) mass is 284 g/mol. The van der Waals surface area contributed by atoms with Crippen LogP contribution in [0.5, 0.6) is 0 Å². The maximum Gasteiger partial charge on any atom is 0.186 e. The minimum Gasteiger partial charge on any atom is -0.361 e. The third-order valence-corrected chi connectivity index (χ3v) is 2.83. The van der Waals surface area contributed by atoms with E-state index in [-0.39, 0.29) is 0 Å². The zero-order chi connectivity index (χ0) is 14.0. The van der Waals surface area contributed by atoms with E-state index in [1.807, 2.05) is 36.4 Å². The predicted octanol–water partition coefficient (Wildman–Crippen LogP) is 2.12. The Bertz CT molecular complexity index is 555. The molecule has 0 amide bonds. The lowest BCUT2D eigenvalue weighted by Crippen LogP contribution is -2.33. The van der Waals surface area contributed by atoms with Crippen LogP contribution < -0.4 is 10.7 Å². The molecule has 2 rings (SSSR count). The molecule has 0 radical (unpaired) electrons. The molecule has 0 spiro atoms. The molecular formula is C15H16N4S. The number of hydrogen-bond donors (Lipinski definition) is 2. The second-order valence-corrected chi connectivity index (χ2v) is 4.52. The van der Waals surface area contributed by atoms with Crippen LogP contribution in [0.3, 0.4) is 0 Å². The molecule has 1 aromatic heterocycles. The molecule has 4 nitrogen and oxygen atoms in total. The SMILES string of the molecule is S=C(NCCc1ccccc1)NN=Cc1ccccn1. The van der Waals surface area contributed by atoms with Gasteiger partial charge in [-0.3, -0.25) is 10.4 Å². The topological polar surface area (TPSA) is 49.3 Å². The van der Waals surface area contributed by atoms with Crippen molar-refractivity contribution in [3.63, 3.8) is 0 Å². The van der Waals surface area contributed by atoms with Crippen molar-refractivity contribution in [3.8, 4) is 0 Å². The molecule has 2 N–H and O–H groups in total. The lowest BCUT2D eigenvalue weighted by Gasteiger charge is -2.06. The normalized spacial score (nSPS) is 10.4. The second kappa shape index (κ2) is 8.01. The van der Waals surface area contributed by atoms with E-state index in [0.717, 1.165) is 18.7 Å². The van der Waals surface area contributed by atoms with Crippen LogP contribution in [-0.4, -0.2) is 22.9 Å². The average molecular weight is 284 g/mol. The van der Waals surface area contributed by atoms with E-state index in [0.29, 0.717) is 5.11 Å². The van der Waals surface area contributed by atoms with Gasteiger partial charge in [-0.25, -0.2) is 0 Å². The summed E-state index contributed by atoms with van der Waals surface area (Å²) < 4.78 is 0. The summed E-state index contributed by atoms with van der Waals surface area (Å²) in [7, 11) is 0. The maximum absolute atomic E-state index is 5.13. The summed E-state index contributed by atoms with van der Waals surface area (Å²) in [5.41, 5.74) is 4.83. The molecule has 0 saturated carbocycles. The summed E-state index contributed by atoms with van der Waals surface area (Å²) in [5.74, 6) is 0. The maximum atomic E-state index is 5.13. The first-order chi connectivity index (χ1) is 9.84. The number of pyridine rings is 1. The summed E-state index contributed by atoms with van der Waals surface area (Å²) in [6.07, 6.45) is 4.27. The Hall–Kier alpha value is -2.27. The third kappa shape index (κ3) is 5.16. The van der Waals surface area contributed by atoms with Gasteiger partial charge in [0.05, 0.1) is 11.9 Å². The zero-order valence-corrected chi connectivity index (χ0v) is 11.8. The van der Waals surface area contributed by atoms with Crippen molar-refractivity contribution >= 4 is 23.5 Å². The summed E-state index contributed by atoms with van der Waals surface area (Å²) in [5, 5.41) is 7.64. The summed E-state index contributed by atoms with van der Waals surface area (Å²) in [6, 6.07) is 15.9. The van der Waals surface area contributed by atoms with Gasteiger partial charge in [0.2, 0.25) is 0 Å². The van der Waals surface area contributed by atoms with Crippen molar-refractivity contribution < 1.29 is 0 Å². The van der Waals surface area contributed by atoms with Crippen LogP contribution in [0.1, 0.15) is 11.3 Å². The van der Waals surface area contributed by atoms with Crippen LogP contribution in [0, 0.1) is 0 Å². The fourth-order valence-electron chi connectivity index (χ4n) is 1.61. The number of aromatic nitrogens is 1. The zero-order valence-electron chi connectivity index (χ0n) is 11.0. The van der Waals surface area contributed by atoms with E-state index in [4.69, 9.17) is 12.2 Å². The molecule has 0 aliphatic rings. The number of hydrazone groups is 1. The summed E-state index contributed by atoms with van der Waals surface area (Å²) >= 11 is 5.13. The molecule has 0 fully saturated rings. The second-order valence-electron chi connectivity index (χ2n) is 4.12. The van der Waals surface area contributed by atoms with E-state index in [1.54, 1.807) is 12.4 Å². The van der Waals surface area contributed by atoms with E-state index in [1.165, 1.54) is 5.56 Å². The molecular weight excluding hydrogens is 268 g/mol. The van der Waals surface area contributed by atoms with Crippen LogP contribution in [0.4, 0.5) is 0 Å². The van der Waals surface area contributed by atoms with Gasteiger partial charge in [0.15, 0.2) is 5.11 Å². The molecule has 5 heteroatoms. The lowest BCUT2D eigenvalue weighted by molar-refractivity contribution is 0.838. The molecule has 0 aliphatic heterocycles. The highest BCUT2D eigenvalue weighted by Gasteiger charge is 1.94. The highest BCUT2D eigenvalue weighted by atomic mass is 32.1. The Balaban J connectivity index is 1.67. The first-order valence-electron chi connectivity index (χ1n) is 6.36. The number of benzene rings is 1. The van der Waals surface area contributed by atoms with Gasteiger partial charge in [-0.15, -0.1) is 0 Å². The Morgan fingerprint density at radius 3 is 2.70 bits per heavy atom. The highest BCUT2D eigenvalue weighted by Crippen LogP contribution is 1.97. The smallest absolute Gasteiger partial charge is 0.186 e. The van der Waals surface area contributed by atoms with Crippen LogP contribution in [0.2, 0.25) is 0 Å². The molecule has 1 aromatic carbocycles. The molecule has 20 heavy (non-hydrogen) atoms. The highest BCUT2D eigenvalue weighted by molar-refractivity contribution is 7.80. The quantitative estimate of drug-likeness (QED) is 0.502. The van der Waals surface area contributed by atoms with Crippen molar-refractivity contribution in [3.05, 3.63) is 66.0 Å². The van der Waals surface area contributed by atoms with Gasteiger partial charge in [-0.05, 0) is 36.3 Å². The van der Waals surface area contributed by atoms with Gasteiger partial charge in [0.1, 0.15) is 0 Å². The number of thiocarbonyl (C=S) groups is 1. The van der Waals surface area contributed by atoms with Crippen LogP contribution in [0.25, 0.3) is 0 Å². The average Bonchev–Trinajstić information content (AvgIpc) is 2.49. The first kappa shape index (κ1) is 14.1. The fraction of sp³-hybridized carbons (Fsp3) is 0.133. The molecule has 0 atom stereocenters. The molecule has 1 heterocycles. The Morgan fingerprint density at radius 2 is 1.95 bits per heavy atom. The van der Waals surface area contributed by atoms with E-state index in [2.05, 4.69) is 33.0 Å². The number of hydrogen-bond acceptors (Lipinski definition) is 3. The summed E-state index contributed by atoms with van der Waals surface area (Å²) in [4.78, 5) is 4.12. The molecule has 0 bridgehead atoms. The van der Waals surface area contributed by atoms with Gasteiger partial charge in [-0.1, -0.05) is 36.4 Å². The molecule has 102 valence electrons. The van der Waals surface area contributed by atoms with Crippen LogP contribution in [0.15, 0.2) is 59.8 Å².